The Bertz CT molecular complexity index is 2030. The van der Waals surface area contributed by atoms with Crippen molar-refractivity contribution in [2.24, 2.45) is 4.99 Å². The lowest BCUT2D eigenvalue weighted by Crippen LogP contribution is -2.04. The molecule has 6 aromatic rings. The number of hydrogen-bond donors (Lipinski definition) is 1. The first-order chi connectivity index (χ1) is 21.9. The number of ether oxygens (including phenoxy) is 2. The number of H-pyrrole nitrogens is 1. The topological polar surface area (TPSA) is 46.6 Å². The van der Waals surface area contributed by atoms with Crippen molar-refractivity contribution >= 4 is 34.0 Å². The molecule has 0 saturated carbocycles. The lowest BCUT2D eigenvalue weighted by atomic mass is 9.89. The van der Waals surface area contributed by atoms with Gasteiger partial charge in [-0.05, 0) is 65.2 Å². The predicted octanol–water partition coefficient (Wildman–Crippen LogP) is 10.0. The summed E-state index contributed by atoms with van der Waals surface area (Å²) >= 11 is 0. The van der Waals surface area contributed by atoms with E-state index in [4.69, 9.17) is 9.47 Å². The van der Waals surface area contributed by atoms with Gasteiger partial charge in [0.1, 0.15) is 24.7 Å². The lowest BCUT2D eigenvalue weighted by Gasteiger charge is -2.15. The lowest BCUT2D eigenvalue weighted by molar-refractivity contribution is -0.137. The number of aromatic nitrogens is 1. The molecular formula is C38H27F3N2O2. The molecule has 1 N–H and O–H groups in total. The van der Waals surface area contributed by atoms with Crippen LogP contribution in [0.1, 0.15) is 33.4 Å². The Morgan fingerprint density at radius 3 is 1.96 bits per heavy atom. The second-order valence-electron chi connectivity index (χ2n) is 10.8. The summed E-state index contributed by atoms with van der Waals surface area (Å²) in [6.45, 7) is 0.810. The molecule has 1 aromatic heterocycles. The molecule has 1 aliphatic rings. The number of allylic oxidation sites excluding steroid dienone is 1. The Kier molecular flexibility index (Phi) is 7.43. The van der Waals surface area contributed by atoms with Crippen molar-refractivity contribution in [2.75, 3.05) is 0 Å². The smallest absolute Gasteiger partial charge is 0.416 e. The van der Waals surface area contributed by atoms with Crippen LogP contribution in [0, 0.1) is 0 Å². The number of halogens is 3. The van der Waals surface area contributed by atoms with Crippen LogP contribution in [0.2, 0.25) is 0 Å². The highest BCUT2D eigenvalue weighted by atomic mass is 19.4. The van der Waals surface area contributed by atoms with Gasteiger partial charge in [-0.25, -0.2) is 0 Å². The third-order valence-electron chi connectivity index (χ3n) is 7.78. The highest BCUT2D eigenvalue weighted by molar-refractivity contribution is 6.28. The summed E-state index contributed by atoms with van der Waals surface area (Å²) in [7, 11) is 0. The Morgan fingerprint density at radius 2 is 1.31 bits per heavy atom. The van der Waals surface area contributed by atoms with E-state index in [9.17, 15) is 13.2 Å². The van der Waals surface area contributed by atoms with Crippen LogP contribution in [0.15, 0.2) is 133 Å². The molecule has 222 valence electrons. The third-order valence-corrected chi connectivity index (χ3v) is 7.78. The van der Waals surface area contributed by atoms with Gasteiger partial charge >= 0.3 is 6.18 Å². The molecule has 0 amide bonds. The molecule has 4 nitrogen and oxygen atoms in total. The number of benzene rings is 5. The maximum atomic E-state index is 13.5. The van der Waals surface area contributed by atoms with E-state index in [1.54, 1.807) is 6.21 Å². The van der Waals surface area contributed by atoms with E-state index in [-0.39, 0.29) is 0 Å². The molecule has 0 radical (unpaired) electrons. The molecule has 5 aromatic carbocycles. The van der Waals surface area contributed by atoms with Crippen molar-refractivity contribution in [1.82, 2.24) is 4.98 Å². The zero-order chi connectivity index (χ0) is 30.8. The summed E-state index contributed by atoms with van der Waals surface area (Å²) in [4.78, 5) is 7.99. The van der Waals surface area contributed by atoms with Crippen molar-refractivity contribution in [1.29, 1.82) is 0 Å². The molecule has 0 spiro atoms. The van der Waals surface area contributed by atoms with Crippen molar-refractivity contribution in [3.05, 3.63) is 161 Å². The SMILES string of the molecule is FC(F)(F)c1ccc(C(=C2C=Nc3ccc(OCc4ccccc4)cc32)c2c[nH]c3ccc(OCc4ccccc4)cc23)cc1. The monoisotopic (exact) mass is 600 g/mol. The van der Waals surface area contributed by atoms with Gasteiger partial charge in [0, 0.05) is 45.6 Å². The minimum atomic E-state index is -4.44. The summed E-state index contributed by atoms with van der Waals surface area (Å²) in [6.07, 6.45) is -0.787. The van der Waals surface area contributed by atoms with Crippen LogP contribution in [0.25, 0.3) is 22.0 Å². The summed E-state index contributed by atoms with van der Waals surface area (Å²) in [5, 5.41) is 0.876. The van der Waals surface area contributed by atoms with Crippen molar-refractivity contribution in [2.45, 2.75) is 19.4 Å². The first-order valence-corrected chi connectivity index (χ1v) is 14.5. The van der Waals surface area contributed by atoms with E-state index in [1.165, 1.54) is 12.1 Å². The van der Waals surface area contributed by atoms with Crippen LogP contribution in [0.4, 0.5) is 18.9 Å². The standard InChI is InChI=1S/C38H27F3N2O2/c39-38(40,41)28-13-11-27(12-14-28)37(33-21-42-35-17-15-29(19-31(33)35)44-23-25-7-3-1-4-8-25)34-22-43-36-18-16-30(20-32(34)36)45-24-26-9-5-2-6-10-26/h1-22,42H,23-24H2. The number of alkyl halides is 3. The van der Waals surface area contributed by atoms with Crippen molar-refractivity contribution < 1.29 is 22.6 Å². The van der Waals surface area contributed by atoms with Gasteiger partial charge in [-0.15, -0.1) is 0 Å². The predicted molar refractivity (Wildman–Crippen MR) is 172 cm³/mol. The number of aromatic amines is 1. The molecule has 2 heterocycles. The molecule has 7 heteroatoms. The van der Waals surface area contributed by atoms with Crippen molar-refractivity contribution in [3.8, 4) is 11.5 Å². The number of hydrogen-bond acceptors (Lipinski definition) is 3. The fraction of sp³-hybridized carbons (Fsp3) is 0.0789. The molecule has 7 rings (SSSR count). The number of nitrogens with one attached hydrogen (secondary N) is 1. The Labute approximate surface area is 258 Å². The average molecular weight is 601 g/mol. The molecule has 0 bridgehead atoms. The summed E-state index contributed by atoms with van der Waals surface area (Å²) in [5.74, 6) is 1.35. The van der Waals surface area contributed by atoms with Gasteiger partial charge in [-0.3, -0.25) is 4.99 Å². The Morgan fingerprint density at radius 1 is 0.689 bits per heavy atom. The second-order valence-corrected chi connectivity index (χ2v) is 10.8. The zero-order valence-corrected chi connectivity index (χ0v) is 24.0. The molecule has 1 aliphatic heterocycles. The molecule has 0 aliphatic carbocycles. The van der Waals surface area contributed by atoms with E-state index >= 15 is 0 Å². The van der Waals surface area contributed by atoms with Gasteiger partial charge in [0.15, 0.2) is 0 Å². The minimum Gasteiger partial charge on any atom is -0.489 e. The van der Waals surface area contributed by atoms with Gasteiger partial charge in [0.05, 0.1) is 11.3 Å². The van der Waals surface area contributed by atoms with Gasteiger partial charge in [-0.1, -0.05) is 72.8 Å². The van der Waals surface area contributed by atoms with E-state index in [0.29, 0.717) is 30.3 Å². The minimum absolute atomic E-state index is 0.402. The fourth-order valence-electron chi connectivity index (χ4n) is 5.50. The molecule has 0 saturated heterocycles. The number of aliphatic imine (C=N–C) groups is 1. The van der Waals surface area contributed by atoms with E-state index < -0.39 is 11.7 Å². The van der Waals surface area contributed by atoms with Crippen molar-refractivity contribution in [3.63, 3.8) is 0 Å². The van der Waals surface area contributed by atoms with Crippen LogP contribution >= 0.6 is 0 Å². The fourth-order valence-corrected chi connectivity index (χ4v) is 5.50. The number of nitrogens with zero attached hydrogens (tertiary/aromatic N) is 1. The zero-order valence-electron chi connectivity index (χ0n) is 24.0. The van der Waals surface area contributed by atoms with Gasteiger partial charge in [0.2, 0.25) is 0 Å². The molecular weight excluding hydrogens is 573 g/mol. The molecule has 0 atom stereocenters. The Hall–Kier alpha value is -5.56. The highest BCUT2D eigenvalue weighted by Crippen LogP contribution is 2.43. The van der Waals surface area contributed by atoms with E-state index in [2.05, 4.69) is 9.98 Å². The Balaban J connectivity index is 1.32. The largest absolute Gasteiger partial charge is 0.489 e. The number of fused-ring (bicyclic) bond motifs is 2. The average Bonchev–Trinajstić information content (AvgIpc) is 3.68. The van der Waals surface area contributed by atoms with Crippen LogP contribution in [-0.4, -0.2) is 11.2 Å². The second kappa shape index (κ2) is 11.8. The third kappa shape index (κ3) is 5.97. The first-order valence-electron chi connectivity index (χ1n) is 14.5. The quantitative estimate of drug-likeness (QED) is 0.189. The summed E-state index contributed by atoms with van der Waals surface area (Å²) in [5.41, 5.74) is 6.83. The van der Waals surface area contributed by atoms with Gasteiger partial charge < -0.3 is 14.5 Å². The van der Waals surface area contributed by atoms with Crippen LogP contribution in [0.3, 0.4) is 0 Å². The maximum Gasteiger partial charge on any atom is 0.416 e. The van der Waals surface area contributed by atoms with E-state index in [0.717, 1.165) is 62.1 Å². The highest BCUT2D eigenvalue weighted by Gasteiger charge is 2.30. The van der Waals surface area contributed by atoms with Crippen LogP contribution < -0.4 is 9.47 Å². The normalized spacial score (nSPS) is 13.6. The maximum absolute atomic E-state index is 13.5. The van der Waals surface area contributed by atoms with Crippen LogP contribution in [0.5, 0.6) is 11.5 Å². The number of rotatable bonds is 8. The molecule has 45 heavy (non-hydrogen) atoms. The van der Waals surface area contributed by atoms with Gasteiger partial charge in [0.25, 0.3) is 0 Å². The molecule has 0 unspecified atom stereocenters. The summed E-state index contributed by atoms with van der Waals surface area (Å²) < 4.78 is 52.8. The first kappa shape index (κ1) is 28.2. The van der Waals surface area contributed by atoms with Gasteiger partial charge in [-0.2, -0.15) is 13.2 Å². The summed E-state index contributed by atoms with van der Waals surface area (Å²) in [6, 6.07) is 36.6. The van der Waals surface area contributed by atoms with Crippen LogP contribution in [-0.2, 0) is 19.4 Å². The van der Waals surface area contributed by atoms with E-state index in [1.807, 2.05) is 103 Å². The molecule has 0 fully saturated rings.